The number of rotatable bonds is 4. The summed E-state index contributed by atoms with van der Waals surface area (Å²) < 4.78 is 28.2. The Kier molecular flexibility index (Phi) is 4.11. The van der Waals surface area contributed by atoms with Crippen LogP contribution in [0.25, 0.3) is 10.2 Å². The fraction of sp³-hybridized carbons (Fsp3) is 0.0526. The van der Waals surface area contributed by atoms with E-state index in [0.29, 0.717) is 12.1 Å². The number of anilines is 2. The zero-order chi connectivity index (χ0) is 17.2. The van der Waals surface area contributed by atoms with E-state index >= 15 is 0 Å². The number of nitrogens with zero attached hydrogens (tertiary/aromatic N) is 3. The van der Waals surface area contributed by atoms with Crippen molar-refractivity contribution < 1.29 is 8.78 Å². The number of para-hydroxylation sites is 1. The van der Waals surface area contributed by atoms with Gasteiger partial charge in [-0.25, -0.2) is 13.8 Å². The molecule has 3 nitrogen and oxygen atoms in total. The smallest absolute Gasteiger partial charge is 0.191 e. The summed E-state index contributed by atoms with van der Waals surface area (Å²) in [5, 5.41) is 0.749. The van der Waals surface area contributed by atoms with Crippen molar-refractivity contribution in [2.75, 3.05) is 4.90 Å². The molecule has 2 aromatic heterocycles. The van der Waals surface area contributed by atoms with Crippen molar-refractivity contribution in [2.24, 2.45) is 0 Å². The molecular formula is C19H13F2N3S. The SMILES string of the molecule is Fc1cc(F)cc(CN(c2ccccc2)c2nc3cnccc3s2)c1. The standard InChI is InChI=1S/C19H13F2N3S/c20-14-8-13(9-15(21)10-14)12-24(16-4-2-1-3-5-16)19-23-17-11-22-7-6-18(17)25-19/h1-11H,12H2. The van der Waals surface area contributed by atoms with Gasteiger partial charge in [0.15, 0.2) is 5.13 Å². The van der Waals surface area contributed by atoms with Crippen LogP contribution in [0, 0.1) is 11.6 Å². The number of halogens is 2. The molecule has 0 saturated heterocycles. The third-order valence-corrected chi connectivity index (χ3v) is 4.80. The summed E-state index contributed by atoms with van der Waals surface area (Å²) in [6.07, 6.45) is 3.43. The summed E-state index contributed by atoms with van der Waals surface area (Å²) in [4.78, 5) is 10.7. The van der Waals surface area contributed by atoms with Crippen LogP contribution in [0.5, 0.6) is 0 Å². The van der Waals surface area contributed by atoms with Gasteiger partial charge >= 0.3 is 0 Å². The molecule has 0 bridgehead atoms. The number of hydrogen-bond donors (Lipinski definition) is 0. The van der Waals surface area contributed by atoms with Crippen LogP contribution < -0.4 is 4.90 Å². The largest absolute Gasteiger partial charge is 0.313 e. The molecule has 0 fully saturated rings. The summed E-state index contributed by atoms with van der Waals surface area (Å²) >= 11 is 1.52. The Balaban J connectivity index is 1.79. The number of aromatic nitrogens is 2. The van der Waals surface area contributed by atoms with E-state index in [2.05, 4.69) is 9.97 Å². The highest BCUT2D eigenvalue weighted by Crippen LogP contribution is 2.34. The molecule has 2 heterocycles. The van der Waals surface area contributed by atoms with E-state index in [4.69, 9.17) is 0 Å². The Hall–Kier alpha value is -2.86. The summed E-state index contributed by atoms with van der Waals surface area (Å²) in [5.41, 5.74) is 2.24. The lowest BCUT2D eigenvalue weighted by Gasteiger charge is -2.22. The molecule has 0 aliphatic rings. The Morgan fingerprint density at radius 2 is 1.72 bits per heavy atom. The number of fused-ring (bicyclic) bond motifs is 1. The van der Waals surface area contributed by atoms with Gasteiger partial charge in [0.05, 0.1) is 17.4 Å². The molecule has 0 radical (unpaired) electrons. The first-order valence-corrected chi connectivity index (χ1v) is 8.49. The van der Waals surface area contributed by atoms with Gasteiger partial charge in [-0.2, -0.15) is 0 Å². The minimum atomic E-state index is -0.587. The van der Waals surface area contributed by atoms with Crippen LogP contribution >= 0.6 is 11.3 Å². The van der Waals surface area contributed by atoms with Gasteiger partial charge in [0.2, 0.25) is 0 Å². The zero-order valence-corrected chi connectivity index (χ0v) is 13.9. The van der Waals surface area contributed by atoms with Crippen molar-refractivity contribution in [3.05, 3.63) is 84.2 Å². The Morgan fingerprint density at radius 1 is 0.960 bits per heavy atom. The highest BCUT2D eigenvalue weighted by molar-refractivity contribution is 7.22. The van der Waals surface area contributed by atoms with Crippen LogP contribution in [-0.4, -0.2) is 9.97 Å². The second-order valence-electron chi connectivity index (χ2n) is 5.54. The van der Waals surface area contributed by atoms with Gasteiger partial charge in [0.25, 0.3) is 0 Å². The van der Waals surface area contributed by atoms with Crippen LogP contribution in [-0.2, 0) is 6.54 Å². The fourth-order valence-corrected chi connectivity index (χ4v) is 3.60. The maximum Gasteiger partial charge on any atom is 0.191 e. The molecule has 0 spiro atoms. The monoisotopic (exact) mass is 353 g/mol. The van der Waals surface area contributed by atoms with Crippen molar-refractivity contribution in [3.8, 4) is 0 Å². The topological polar surface area (TPSA) is 29.0 Å². The number of benzene rings is 2. The van der Waals surface area contributed by atoms with Gasteiger partial charge in [-0.15, -0.1) is 0 Å². The summed E-state index contributed by atoms with van der Waals surface area (Å²) in [6.45, 7) is 0.311. The van der Waals surface area contributed by atoms with Crippen LogP contribution in [0.15, 0.2) is 67.0 Å². The second kappa shape index (κ2) is 6.57. The average Bonchev–Trinajstić information content (AvgIpc) is 3.03. The normalized spacial score (nSPS) is 11.0. The molecule has 0 N–H and O–H groups in total. The quantitative estimate of drug-likeness (QED) is 0.498. The molecule has 0 amide bonds. The maximum absolute atomic E-state index is 13.6. The Morgan fingerprint density at radius 3 is 2.44 bits per heavy atom. The second-order valence-corrected chi connectivity index (χ2v) is 6.55. The predicted octanol–water partition coefficient (Wildman–Crippen LogP) is 5.31. The molecule has 0 aliphatic carbocycles. The summed E-state index contributed by atoms with van der Waals surface area (Å²) in [6, 6.07) is 15.1. The molecule has 0 saturated carbocycles. The highest BCUT2D eigenvalue weighted by atomic mass is 32.1. The van der Waals surface area contributed by atoms with Gasteiger partial charge in [-0.3, -0.25) is 4.98 Å². The molecule has 0 atom stereocenters. The molecule has 2 aromatic carbocycles. The van der Waals surface area contributed by atoms with E-state index < -0.39 is 11.6 Å². The van der Waals surface area contributed by atoms with Crippen LogP contribution in [0.4, 0.5) is 19.6 Å². The first-order valence-electron chi connectivity index (χ1n) is 7.67. The van der Waals surface area contributed by atoms with Gasteiger partial charge in [0, 0.05) is 18.0 Å². The number of pyridine rings is 1. The maximum atomic E-state index is 13.6. The fourth-order valence-electron chi connectivity index (χ4n) is 2.65. The molecular weight excluding hydrogens is 340 g/mol. The van der Waals surface area contributed by atoms with Crippen LogP contribution in [0.1, 0.15) is 5.56 Å². The average molecular weight is 353 g/mol. The first-order chi connectivity index (χ1) is 12.2. The molecule has 6 heteroatoms. The van der Waals surface area contributed by atoms with Crippen molar-refractivity contribution in [1.29, 1.82) is 0 Å². The van der Waals surface area contributed by atoms with E-state index in [1.54, 1.807) is 12.4 Å². The zero-order valence-electron chi connectivity index (χ0n) is 13.1. The lowest BCUT2D eigenvalue weighted by atomic mass is 10.2. The third-order valence-electron chi connectivity index (χ3n) is 3.74. The van der Waals surface area contributed by atoms with E-state index in [-0.39, 0.29) is 0 Å². The lowest BCUT2D eigenvalue weighted by molar-refractivity contribution is 0.579. The van der Waals surface area contributed by atoms with Crippen molar-refractivity contribution in [2.45, 2.75) is 6.54 Å². The van der Waals surface area contributed by atoms with E-state index in [0.717, 1.165) is 27.1 Å². The summed E-state index contributed by atoms with van der Waals surface area (Å²) in [7, 11) is 0. The molecule has 0 unspecified atom stereocenters. The van der Waals surface area contributed by atoms with Crippen molar-refractivity contribution >= 4 is 32.4 Å². The van der Waals surface area contributed by atoms with Crippen LogP contribution in [0.2, 0.25) is 0 Å². The molecule has 4 rings (SSSR count). The first kappa shape index (κ1) is 15.7. The van der Waals surface area contributed by atoms with E-state index in [1.165, 1.54) is 23.5 Å². The number of thiazole rings is 1. The van der Waals surface area contributed by atoms with Crippen LogP contribution in [0.3, 0.4) is 0 Å². The van der Waals surface area contributed by atoms with Gasteiger partial charge in [0.1, 0.15) is 17.2 Å². The van der Waals surface area contributed by atoms with Gasteiger partial charge in [-0.1, -0.05) is 29.5 Å². The molecule has 0 aliphatic heterocycles. The molecule has 124 valence electrons. The highest BCUT2D eigenvalue weighted by Gasteiger charge is 2.16. The van der Waals surface area contributed by atoms with E-state index in [9.17, 15) is 8.78 Å². The van der Waals surface area contributed by atoms with Gasteiger partial charge in [-0.05, 0) is 35.9 Å². The lowest BCUT2D eigenvalue weighted by Crippen LogP contribution is -2.16. The number of hydrogen-bond acceptors (Lipinski definition) is 4. The Labute approximate surface area is 147 Å². The van der Waals surface area contributed by atoms with Crippen molar-refractivity contribution in [1.82, 2.24) is 9.97 Å². The minimum Gasteiger partial charge on any atom is -0.313 e. The molecule has 4 aromatic rings. The summed E-state index contributed by atoms with van der Waals surface area (Å²) in [5.74, 6) is -1.17. The van der Waals surface area contributed by atoms with E-state index in [1.807, 2.05) is 41.3 Å². The third kappa shape index (κ3) is 3.34. The minimum absolute atomic E-state index is 0.311. The molecule has 25 heavy (non-hydrogen) atoms. The van der Waals surface area contributed by atoms with Crippen molar-refractivity contribution in [3.63, 3.8) is 0 Å². The predicted molar refractivity (Wildman–Crippen MR) is 96.1 cm³/mol. The Bertz CT molecular complexity index is 964. The van der Waals surface area contributed by atoms with Gasteiger partial charge < -0.3 is 4.90 Å².